The average Bonchev–Trinajstić information content (AvgIpc) is 4.15. The summed E-state index contributed by atoms with van der Waals surface area (Å²) in [5.41, 5.74) is 5.18. The van der Waals surface area contributed by atoms with Gasteiger partial charge in [0, 0.05) is 31.2 Å². The number of aromatic amines is 2. The first-order valence-electron chi connectivity index (χ1n) is 24.1. The molecule has 5 amide bonds. The number of ether oxygens (including phenoxy) is 1. The van der Waals surface area contributed by atoms with Crippen molar-refractivity contribution < 1.29 is 38.2 Å². The van der Waals surface area contributed by atoms with Gasteiger partial charge in [0.1, 0.15) is 29.5 Å². The number of carbonyl (C=O) groups is 5. The Kier molecular flexibility index (Phi) is 13.7. The van der Waals surface area contributed by atoms with E-state index in [-0.39, 0.29) is 59.4 Å². The maximum absolute atomic E-state index is 16.6. The highest BCUT2D eigenvalue weighted by Crippen LogP contribution is 2.49. The van der Waals surface area contributed by atoms with Crippen molar-refractivity contribution in [2.75, 3.05) is 30.0 Å². The number of H-pyrrole nitrogens is 2. The van der Waals surface area contributed by atoms with Crippen LogP contribution in [0.5, 0.6) is 0 Å². The maximum atomic E-state index is 16.6. The number of rotatable bonds is 12. The van der Waals surface area contributed by atoms with Gasteiger partial charge in [0.25, 0.3) is 0 Å². The van der Waals surface area contributed by atoms with Gasteiger partial charge in [0.15, 0.2) is 0 Å². The Morgan fingerprint density at radius 3 is 1.65 bits per heavy atom. The predicted octanol–water partition coefficient (Wildman–Crippen LogP) is 8.81. The van der Waals surface area contributed by atoms with Crippen molar-refractivity contribution in [1.29, 1.82) is 0 Å². The van der Waals surface area contributed by atoms with Gasteiger partial charge in [-0.15, -0.1) is 0 Å². The highest BCUT2D eigenvalue weighted by molar-refractivity contribution is 5.93. The molecule has 0 spiro atoms. The molecule has 18 heteroatoms. The van der Waals surface area contributed by atoms with E-state index in [4.69, 9.17) is 14.7 Å². The summed E-state index contributed by atoms with van der Waals surface area (Å²) in [7, 11) is 1.27. The number of alkyl carbamates (subject to hydrolysis) is 1. The Hall–Kier alpha value is -6.72. The molecule has 2 aromatic heterocycles. The van der Waals surface area contributed by atoms with Crippen LogP contribution < -0.4 is 20.4 Å². The molecule has 0 saturated carbocycles. The van der Waals surface area contributed by atoms with Crippen LogP contribution in [0.2, 0.25) is 0 Å². The van der Waals surface area contributed by atoms with E-state index in [0.717, 1.165) is 58.9 Å². The van der Waals surface area contributed by atoms with E-state index in [0.29, 0.717) is 43.3 Å². The zero-order chi connectivity index (χ0) is 49.6. The first kappa shape index (κ1) is 48.7. The first-order chi connectivity index (χ1) is 32.7. The minimum absolute atomic E-state index is 0.168. The largest absolute Gasteiger partial charge is 0.465 e. The molecule has 0 radical (unpaired) electrons. The van der Waals surface area contributed by atoms with Gasteiger partial charge in [-0.05, 0) is 125 Å². The molecular formula is C51H65FN10O7. The van der Waals surface area contributed by atoms with E-state index in [1.54, 1.807) is 15.9 Å². The molecule has 5 N–H and O–H groups in total. The molecule has 5 aromatic rings. The smallest absolute Gasteiger partial charge is 0.407 e. The van der Waals surface area contributed by atoms with E-state index in [9.17, 15) is 29.1 Å². The molecule has 3 saturated heterocycles. The predicted molar refractivity (Wildman–Crippen MR) is 260 cm³/mol. The van der Waals surface area contributed by atoms with Crippen LogP contribution in [0.3, 0.4) is 0 Å². The molecule has 17 nitrogen and oxygen atoms in total. The number of nitrogens with zero attached hydrogens (tertiary/aromatic N) is 6. The quantitative estimate of drug-likeness (QED) is 0.0803. The summed E-state index contributed by atoms with van der Waals surface area (Å²) in [5.74, 6) is -0.374. The Bertz CT molecular complexity index is 2760. The van der Waals surface area contributed by atoms with Crippen LogP contribution in [-0.4, -0.2) is 103 Å². The van der Waals surface area contributed by atoms with Crippen molar-refractivity contribution in [3.05, 3.63) is 83.2 Å². The van der Waals surface area contributed by atoms with Crippen LogP contribution in [-0.2, 0) is 19.1 Å². The monoisotopic (exact) mass is 949 g/mol. The third kappa shape index (κ3) is 9.66. The summed E-state index contributed by atoms with van der Waals surface area (Å²) in [6.07, 6.45) is 2.46. The number of hydrogen-bond acceptors (Lipinski definition) is 9. The number of hydrogen-bond donors (Lipinski definition) is 5. The highest BCUT2D eigenvalue weighted by Gasteiger charge is 2.41. The lowest BCUT2D eigenvalue weighted by molar-refractivity contribution is -0.136. The third-order valence-electron chi connectivity index (χ3n) is 14.0. The number of anilines is 2. The molecule has 3 fully saturated rings. The number of benzene rings is 3. The number of methoxy groups -OCH3 is 1. The van der Waals surface area contributed by atoms with Gasteiger partial charge >= 0.3 is 12.2 Å². The van der Waals surface area contributed by atoms with Gasteiger partial charge in [-0.2, -0.15) is 0 Å². The minimum Gasteiger partial charge on any atom is -0.465 e. The van der Waals surface area contributed by atoms with Crippen LogP contribution in [0.15, 0.2) is 54.6 Å². The lowest BCUT2D eigenvalue weighted by Gasteiger charge is -2.36. The molecular weight excluding hydrogens is 884 g/mol. The Morgan fingerprint density at radius 2 is 1.23 bits per heavy atom. The normalized spacial score (nSPS) is 20.6. The van der Waals surface area contributed by atoms with Gasteiger partial charge in [0.2, 0.25) is 17.7 Å². The van der Waals surface area contributed by atoms with Crippen molar-refractivity contribution in [2.45, 2.75) is 136 Å². The number of nitrogens with one attached hydrogen (secondary N) is 4. The van der Waals surface area contributed by atoms with Crippen molar-refractivity contribution in [2.24, 2.45) is 11.8 Å². The van der Waals surface area contributed by atoms with Gasteiger partial charge in [-0.1, -0.05) is 39.8 Å². The van der Waals surface area contributed by atoms with Crippen molar-refractivity contribution in [3.63, 3.8) is 0 Å². The van der Waals surface area contributed by atoms with Gasteiger partial charge < -0.3 is 50.0 Å². The number of fused-ring (bicyclic) bond motifs is 2. The SMILES string of the molecule is COC(=O)N[C@H](C(=O)N1CCC[C@H]1c1nc2ccc([C@H]3CC[C@H](c4ccc5nc([C@@H]6CCCN6C(=O)[C@@H](NC(=O)O)C(C)C)[nH]c5c4)N3c3ccc(N(C(C)=O)C(C)(C)C)c(F)c3)cc2[nH]1)C(C)C. The molecule has 3 aromatic carbocycles. The summed E-state index contributed by atoms with van der Waals surface area (Å²) in [6.45, 7) is 15.5. The van der Waals surface area contributed by atoms with E-state index in [1.807, 2.05) is 72.7 Å². The summed E-state index contributed by atoms with van der Waals surface area (Å²) in [5, 5.41) is 14.6. The van der Waals surface area contributed by atoms with Crippen LogP contribution in [0.1, 0.15) is 141 Å². The lowest BCUT2D eigenvalue weighted by Crippen LogP contribution is -2.51. The maximum Gasteiger partial charge on any atom is 0.407 e. The summed E-state index contributed by atoms with van der Waals surface area (Å²) >= 11 is 0. The number of aromatic nitrogens is 4. The van der Waals surface area contributed by atoms with Crippen LogP contribution in [0.4, 0.5) is 25.4 Å². The van der Waals surface area contributed by atoms with E-state index in [1.165, 1.54) is 25.0 Å². The van der Waals surface area contributed by atoms with E-state index < -0.39 is 35.6 Å². The number of carbonyl (C=O) groups excluding carboxylic acids is 4. The topological polar surface area (TPSA) is 209 Å². The zero-order valence-electron chi connectivity index (χ0n) is 40.9. The Balaban J connectivity index is 1.13. The number of imidazole rings is 2. The second-order valence-electron chi connectivity index (χ2n) is 20.4. The summed E-state index contributed by atoms with van der Waals surface area (Å²) in [4.78, 5) is 88.5. The Labute approximate surface area is 401 Å². The van der Waals surface area contributed by atoms with Crippen LogP contribution >= 0.6 is 0 Å². The van der Waals surface area contributed by atoms with E-state index in [2.05, 4.69) is 43.7 Å². The van der Waals surface area contributed by atoms with Crippen molar-refractivity contribution in [1.82, 2.24) is 40.4 Å². The van der Waals surface area contributed by atoms with Gasteiger partial charge in [-0.3, -0.25) is 14.4 Å². The fraction of sp³-hybridized carbons (Fsp3) is 0.510. The fourth-order valence-corrected chi connectivity index (χ4v) is 10.8. The minimum atomic E-state index is -1.25. The average molecular weight is 949 g/mol. The summed E-state index contributed by atoms with van der Waals surface area (Å²) in [6, 6.07) is 14.5. The summed E-state index contributed by atoms with van der Waals surface area (Å²) < 4.78 is 21.4. The molecule has 0 bridgehead atoms. The second-order valence-corrected chi connectivity index (χ2v) is 20.4. The number of halogens is 1. The number of amides is 5. The van der Waals surface area contributed by atoms with Gasteiger partial charge in [0.05, 0.1) is 59.0 Å². The molecule has 0 unspecified atom stereocenters. The molecule has 3 aliphatic rings. The third-order valence-corrected chi connectivity index (χ3v) is 14.0. The Morgan fingerprint density at radius 1 is 0.739 bits per heavy atom. The lowest BCUT2D eigenvalue weighted by atomic mass is 10.0. The zero-order valence-corrected chi connectivity index (χ0v) is 40.9. The molecule has 368 valence electrons. The first-order valence-corrected chi connectivity index (χ1v) is 24.1. The van der Waals surface area contributed by atoms with E-state index >= 15 is 4.39 Å². The van der Waals surface area contributed by atoms with Crippen molar-refractivity contribution in [3.8, 4) is 0 Å². The molecule has 6 atom stereocenters. The highest BCUT2D eigenvalue weighted by atomic mass is 19.1. The fourth-order valence-electron chi connectivity index (χ4n) is 10.8. The number of likely N-dealkylation sites (tertiary alicyclic amines) is 2. The number of carboxylic acid groups (broad SMARTS) is 1. The molecule has 69 heavy (non-hydrogen) atoms. The molecule has 8 rings (SSSR count). The second kappa shape index (κ2) is 19.3. The van der Waals surface area contributed by atoms with Crippen molar-refractivity contribution >= 4 is 63.3 Å². The molecule has 5 heterocycles. The van der Waals surface area contributed by atoms with Gasteiger partial charge in [-0.25, -0.2) is 23.9 Å². The van der Waals surface area contributed by atoms with Crippen LogP contribution in [0, 0.1) is 17.7 Å². The van der Waals surface area contributed by atoms with Crippen LogP contribution in [0.25, 0.3) is 22.1 Å². The molecule has 0 aliphatic carbocycles. The molecule has 3 aliphatic heterocycles. The standard InChI is InChI=1S/C51H65FN10O7/c1-27(2)43(57-49(66)67)47(64)59-22-10-12-41(59)45-53-34-17-14-30(24-36(34)55-45)38-20-21-39(61(38)32-16-19-40(33(52)26-32)62(29(5)63)51(6,7)8)31-15-18-35-37(25-31)56-46(54-35)42-13-11-23-60(42)48(65)44(28(3)4)58-50(68)69-9/h14-19,24-28,38-39,41-44,57H,10-13,20-23H2,1-9H3,(H,53,55)(H,54,56)(H,58,68)(H,66,67)/t38-,39-,41+,42+,43+,44+/m1/s1.